The molecule has 0 saturated carbocycles. The van der Waals surface area contributed by atoms with Crippen LogP contribution in [0, 0.1) is 0 Å². The topological polar surface area (TPSA) is 138 Å². The van der Waals surface area contributed by atoms with Crippen LogP contribution in [-0.2, 0) is 12.0 Å². The summed E-state index contributed by atoms with van der Waals surface area (Å²) in [4.78, 5) is 31.9. The molecule has 15 heteroatoms. The van der Waals surface area contributed by atoms with Gasteiger partial charge in [-0.2, -0.15) is 5.21 Å². The molecule has 11 nitrogen and oxygen atoms in total. The van der Waals surface area contributed by atoms with Gasteiger partial charge < -0.3 is 4.74 Å². The molecular weight excluding hydrogens is 585 g/mol. The molecule has 3 N–H and O–H groups in total. The number of tetrazole rings is 1. The van der Waals surface area contributed by atoms with Crippen LogP contribution in [0.5, 0.6) is 5.75 Å². The molecule has 3 aromatic carbocycles. The van der Waals surface area contributed by atoms with Gasteiger partial charge in [0, 0.05) is 17.3 Å². The average Bonchev–Trinajstić information content (AvgIpc) is 3.60. The number of nitrogens with zero attached hydrogens (tertiary/aromatic N) is 5. The van der Waals surface area contributed by atoms with E-state index in [1.165, 1.54) is 17.0 Å². The van der Waals surface area contributed by atoms with Gasteiger partial charge in [-0.15, -0.1) is 18.3 Å². The van der Waals surface area contributed by atoms with Crippen molar-refractivity contribution in [3.63, 3.8) is 0 Å². The number of nitrogens with one attached hydrogen (secondary N) is 3. The zero-order valence-electron chi connectivity index (χ0n) is 23.1. The zero-order chi connectivity index (χ0) is 30.8. The first-order valence-electron chi connectivity index (χ1n) is 12.8. The lowest BCUT2D eigenvalue weighted by Gasteiger charge is -2.25. The monoisotopic (exact) mass is 610 g/mol. The molecule has 0 atom stereocenters. The fraction of sp³-hybridized carbons (Fsp3) is 0.214. The number of carbonyl (C=O) groups is 2. The van der Waals surface area contributed by atoms with Crippen molar-refractivity contribution in [1.82, 2.24) is 25.6 Å². The highest BCUT2D eigenvalue weighted by molar-refractivity contribution is 7.22. The summed E-state index contributed by atoms with van der Waals surface area (Å²) in [6.45, 7) is 6.39. The summed E-state index contributed by atoms with van der Waals surface area (Å²) in [6, 6.07) is 17.5. The number of rotatable bonds is 7. The third-order valence-corrected chi connectivity index (χ3v) is 7.16. The molecule has 0 bridgehead atoms. The van der Waals surface area contributed by atoms with Crippen LogP contribution < -0.4 is 20.3 Å². The molecule has 2 aromatic heterocycles. The molecule has 0 spiro atoms. The predicted molar refractivity (Wildman–Crippen MR) is 155 cm³/mol. The highest BCUT2D eigenvalue weighted by Gasteiger charge is 2.31. The number of carbonyl (C=O) groups excluding carboxylic acids is 2. The maximum atomic E-state index is 13.6. The van der Waals surface area contributed by atoms with Crippen LogP contribution in [0.1, 0.15) is 42.3 Å². The van der Waals surface area contributed by atoms with Gasteiger partial charge in [-0.05, 0) is 58.2 Å². The molecule has 43 heavy (non-hydrogen) atoms. The lowest BCUT2D eigenvalue weighted by atomic mass is 9.87. The van der Waals surface area contributed by atoms with Gasteiger partial charge in [0.2, 0.25) is 0 Å². The highest BCUT2D eigenvalue weighted by atomic mass is 32.1. The Morgan fingerprint density at radius 1 is 0.977 bits per heavy atom. The van der Waals surface area contributed by atoms with Gasteiger partial charge in [-0.1, -0.05) is 61.5 Å². The molecule has 0 fully saturated rings. The third kappa shape index (κ3) is 7.43. The Hall–Kier alpha value is -5.05. The van der Waals surface area contributed by atoms with E-state index in [0.29, 0.717) is 21.5 Å². The molecule has 0 saturated heterocycles. The van der Waals surface area contributed by atoms with E-state index in [2.05, 4.69) is 61.7 Å². The normalized spacial score (nSPS) is 11.8. The van der Waals surface area contributed by atoms with Crippen molar-refractivity contribution in [3.05, 3.63) is 83.4 Å². The summed E-state index contributed by atoms with van der Waals surface area (Å²) in [5.74, 6) is -0.772. The Balaban J connectivity index is 1.37. The summed E-state index contributed by atoms with van der Waals surface area (Å²) in [7, 11) is 0. The van der Waals surface area contributed by atoms with Gasteiger partial charge in [0.1, 0.15) is 5.75 Å². The Morgan fingerprint density at radius 2 is 1.70 bits per heavy atom. The molecule has 0 unspecified atom stereocenters. The van der Waals surface area contributed by atoms with Crippen LogP contribution >= 0.6 is 11.3 Å². The number of aromatic amines is 1. The Kier molecular flexibility index (Phi) is 8.00. The van der Waals surface area contributed by atoms with Crippen molar-refractivity contribution in [1.29, 1.82) is 0 Å². The molecule has 5 aromatic rings. The zero-order valence-corrected chi connectivity index (χ0v) is 23.9. The van der Waals surface area contributed by atoms with E-state index >= 15 is 0 Å². The van der Waals surface area contributed by atoms with Crippen LogP contribution in [0.25, 0.3) is 10.2 Å². The smallest absolute Gasteiger partial charge is 0.406 e. The molecule has 2 heterocycles. The summed E-state index contributed by atoms with van der Waals surface area (Å²) in [5, 5.41) is 18.5. The van der Waals surface area contributed by atoms with Crippen molar-refractivity contribution in [2.24, 2.45) is 0 Å². The minimum atomic E-state index is -4.82. The maximum Gasteiger partial charge on any atom is 0.573 e. The number of fused-ring (bicyclic) bond motifs is 1. The van der Waals surface area contributed by atoms with Crippen molar-refractivity contribution >= 4 is 50.3 Å². The van der Waals surface area contributed by atoms with E-state index in [-0.39, 0.29) is 28.8 Å². The number of aromatic nitrogens is 5. The molecule has 0 aliphatic carbocycles. The van der Waals surface area contributed by atoms with Crippen molar-refractivity contribution in [2.45, 2.75) is 39.1 Å². The predicted octanol–water partition coefficient (Wildman–Crippen LogP) is 6.50. The summed E-state index contributed by atoms with van der Waals surface area (Å²) < 4.78 is 42.4. The van der Waals surface area contributed by atoms with Crippen LogP contribution in [0.4, 0.5) is 34.7 Å². The number of hydrogen-bond acceptors (Lipinski definition) is 8. The first-order chi connectivity index (χ1) is 20.3. The molecule has 222 valence electrons. The number of anilines is 3. The van der Waals surface area contributed by atoms with Crippen molar-refractivity contribution in [3.8, 4) is 5.75 Å². The molecule has 0 aliphatic rings. The summed E-state index contributed by atoms with van der Waals surface area (Å²) in [5.41, 5.74) is 3.07. The van der Waals surface area contributed by atoms with Crippen LogP contribution in [0.15, 0.2) is 66.7 Å². The van der Waals surface area contributed by atoms with Crippen LogP contribution in [0.3, 0.4) is 0 Å². The van der Waals surface area contributed by atoms with Crippen molar-refractivity contribution in [2.75, 3.05) is 15.5 Å². The summed E-state index contributed by atoms with van der Waals surface area (Å²) >= 11 is 1.02. The van der Waals surface area contributed by atoms with Gasteiger partial charge in [-0.25, -0.2) is 9.78 Å². The first-order valence-corrected chi connectivity index (χ1v) is 13.6. The maximum absolute atomic E-state index is 13.6. The first kappa shape index (κ1) is 29.4. The largest absolute Gasteiger partial charge is 0.573 e. The fourth-order valence-electron chi connectivity index (χ4n) is 4.07. The van der Waals surface area contributed by atoms with Gasteiger partial charge in [0.05, 0.1) is 16.8 Å². The number of H-pyrrole nitrogens is 1. The lowest BCUT2D eigenvalue weighted by Crippen LogP contribution is -2.34. The molecule has 3 amide bonds. The molecule has 0 aliphatic heterocycles. The second-order valence-corrected chi connectivity index (χ2v) is 11.4. The van der Waals surface area contributed by atoms with E-state index in [0.717, 1.165) is 28.5 Å². The Labute approximate surface area is 247 Å². The van der Waals surface area contributed by atoms with Gasteiger partial charge >= 0.3 is 12.4 Å². The molecule has 5 rings (SSSR count). The van der Waals surface area contributed by atoms with E-state index in [9.17, 15) is 22.8 Å². The molecule has 0 radical (unpaired) electrons. The second kappa shape index (κ2) is 11.7. The van der Waals surface area contributed by atoms with E-state index < -0.39 is 18.3 Å². The fourth-order valence-corrected chi connectivity index (χ4v) is 4.95. The van der Waals surface area contributed by atoms with Crippen LogP contribution in [-0.4, -0.2) is 43.9 Å². The number of alkyl halides is 3. The summed E-state index contributed by atoms with van der Waals surface area (Å²) in [6.07, 6.45) is -4.82. The van der Waals surface area contributed by atoms with E-state index in [1.54, 1.807) is 24.3 Å². The number of hydrogen-bond donors (Lipinski definition) is 3. The second-order valence-electron chi connectivity index (χ2n) is 10.4. The number of benzene rings is 3. The number of ether oxygens (including phenoxy) is 1. The number of thiazole rings is 1. The molecular formula is C28H25F3N8O3S. The third-order valence-electron chi connectivity index (χ3n) is 6.22. The van der Waals surface area contributed by atoms with Crippen molar-refractivity contribution < 1.29 is 27.5 Å². The Morgan fingerprint density at radius 3 is 2.33 bits per heavy atom. The van der Waals surface area contributed by atoms with Gasteiger partial charge in [0.25, 0.3) is 11.9 Å². The van der Waals surface area contributed by atoms with E-state index in [4.69, 9.17) is 0 Å². The Bertz CT molecular complexity index is 1730. The van der Waals surface area contributed by atoms with E-state index in [1.807, 2.05) is 24.3 Å². The minimum Gasteiger partial charge on any atom is -0.406 e. The number of urea groups is 1. The highest BCUT2D eigenvalue weighted by Crippen LogP contribution is 2.32. The van der Waals surface area contributed by atoms with Crippen LogP contribution in [0.2, 0.25) is 0 Å². The number of amides is 3. The SMILES string of the molecule is CC(C)(C)c1ccc(N(Cc2ccc(C(=O)Nc3nn[nH]n3)cc2)C(=O)Nc2nc3ccc(OC(F)(F)F)cc3s2)cc1. The standard InChI is InChI=1S/C28H25F3N8O3S/c1-27(2,3)18-8-10-19(11-9-18)39(15-16-4-6-17(7-5-16)23(40)33-24-35-37-38-36-24)26(41)34-25-32-21-13-12-20(14-22(21)43-25)42-28(29,30)31/h4-14H,15H2,1-3H3,(H,32,34,41)(H2,33,35,36,37,38,40). The average molecular weight is 611 g/mol. The minimum absolute atomic E-state index is 0.0366. The number of halogens is 3. The quantitative estimate of drug-likeness (QED) is 0.191. The lowest BCUT2D eigenvalue weighted by molar-refractivity contribution is -0.274. The van der Waals surface area contributed by atoms with Gasteiger partial charge in [0.15, 0.2) is 5.13 Å². The van der Waals surface area contributed by atoms with Gasteiger partial charge in [-0.3, -0.25) is 20.3 Å².